The van der Waals surface area contributed by atoms with Gasteiger partial charge in [-0.1, -0.05) is 24.3 Å². The molecule has 38 heavy (non-hydrogen) atoms. The molecule has 0 radical (unpaired) electrons. The summed E-state index contributed by atoms with van der Waals surface area (Å²) in [5.74, 6) is 3.97. The number of carbonyl (C=O) groups excluding carboxylic acids is 6. The molecule has 10 nitrogen and oxygen atoms in total. The van der Waals surface area contributed by atoms with Gasteiger partial charge in [0.1, 0.15) is 11.6 Å². The van der Waals surface area contributed by atoms with E-state index >= 15 is 0 Å². The highest BCUT2D eigenvalue weighted by molar-refractivity contribution is 6.30. The number of hydrogen-bond donors (Lipinski definition) is 1. The van der Waals surface area contributed by atoms with E-state index in [4.69, 9.17) is 5.84 Å². The summed E-state index contributed by atoms with van der Waals surface area (Å²) in [6.07, 6.45) is 0.796. The molecule has 0 unspecified atom stereocenters. The van der Waals surface area contributed by atoms with Gasteiger partial charge >= 0.3 is 1.43 Å². The largest absolute Gasteiger partial charge is 1.00 e. The van der Waals surface area contributed by atoms with Gasteiger partial charge in [0.15, 0.2) is 0 Å². The number of aryl methyl sites for hydroxylation is 2. The van der Waals surface area contributed by atoms with E-state index in [0.29, 0.717) is 40.1 Å². The molecule has 0 spiro atoms. The number of nitrogens with two attached hydrogens (primary N) is 1. The smallest absolute Gasteiger partial charge is 0.300 e. The monoisotopic (exact) mass is 517 g/mol. The zero-order valence-electron chi connectivity index (χ0n) is 22.6. The standard InChI is InChI=1S/C14H12N2O2.C8H6N2O2.C6H10O2/c1-9-7-8-10(2)15(9)16-13(17)11-5-3-4-6-12(11)14(16)18;9-10-7(11)5-3-1-2-4-6(5)8(10)12;1-5(7)3-4-6(2)8/h3-8H,1-2H3;1-4H,9H2;3-4H2,1-2H3/p+1. The lowest BCUT2D eigenvalue weighted by Gasteiger charge is -2.19. The summed E-state index contributed by atoms with van der Waals surface area (Å²) >= 11 is 0. The van der Waals surface area contributed by atoms with Gasteiger partial charge in [-0.3, -0.25) is 23.9 Å². The number of hydrazine groups is 1. The third-order valence-electron chi connectivity index (χ3n) is 5.86. The molecule has 2 aliphatic heterocycles. The first-order valence-corrected chi connectivity index (χ1v) is 11.8. The molecule has 2 N–H and O–H groups in total. The fraction of sp³-hybridized carbons (Fsp3) is 0.214. The van der Waals surface area contributed by atoms with Crippen molar-refractivity contribution in [3.8, 4) is 0 Å². The van der Waals surface area contributed by atoms with Crippen LogP contribution < -0.4 is 10.9 Å². The van der Waals surface area contributed by atoms with E-state index in [1.54, 1.807) is 53.2 Å². The normalized spacial score (nSPS) is 13.4. The van der Waals surface area contributed by atoms with Crippen LogP contribution in [0, 0.1) is 13.8 Å². The Bertz CT molecular complexity index is 1360. The molecule has 3 aromatic rings. The van der Waals surface area contributed by atoms with Crippen LogP contribution in [-0.4, -0.2) is 44.9 Å². The Morgan fingerprint density at radius 2 is 0.947 bits per heavy atom. The second kappa shape index (κ2) is 11.6. The Labute approximate surface area is 221 Å². The zero-order chi connectivity index (χ0) is 28.1. The fourth-order valence-corrected chi connectivity index (χ4v) is 3.89. The second-order valence-electron chi connectivity index (χ2n) is 8.83. The SMILES string of the molecule is CC(=O)CCC(C)=O.Cc1ccc(C)n1N1C(=O)c2ccccc2C1=O.NN1C(=O)c2ccccc2C1=O.[H+]. The van der Waals surface area contributed by atoms with Crippen molar-refractivity contribution in [3.05, 3.63) is 94.3 Å². The van der Waals surface area contributed by atoms with Crippen molar-refractivity contribution in [3.63, 3.8) is 0 Å². The molecule has 0 aliphatic carbocycles. The number of carbonyl (C=O) groups is 6. The van der Waals surface area contributed by atoms with Gasteiger partial charge in [0.05, 0.1) is 22.3 Å². The van der Waals surface area contributed by atoms with E-state index in [-0.39, 0.29) is 24.8 Å². The summed E-state index contributed by atoms with van der Waals surface area (Å²) in [4.78, 5) is 67.4. The predicted octanol–water partition coefficient (Wildman–Crippen LogP) is 3.25. The topological polar surface area (TPSA) is 140 Å². The number of aromatic nitrogens is 1. The van der Waals surface area contributed by atoms with Gasteiger partial charge in [0, 0.05) is 24.2 Å². The molecule has 0 atom stereocenters. The van der Waals surface area contributed by atoms with Crippen molar-refractivity contribution >= 4 is 35.2 Å². The molecule has 2 aromatic carbocycles. The summed E-state index contributed by atoms with van der Waals surface area (Å²) in [6.45, 7) is 6.72. The Hall–Kier alpha value is -4.70. The summed E-state index contributed by atoms with van der Waals surface area (Å²) in [5, 5.41) is 1.83. The lowest BCUT2D eigenvalue weighted by atomic mass is 10.1. The van der Waals surface area contributed by atoms with Crippen LogP contribution in [0.4, 0.5) is 0 Å². The lowest BCUT2D eigenvalue weighted by Crippen LogP contribution is -2.41. The maximum Gasteiger partial charge on any atom is 1.00 e. The molecule has 3 heterocycles. The third kappa shape index (κ3) is 5.65. The maximum absolute atomic E-state index is 12.3. The van der Waals surface area contributed by atoms with Crippen molar-refractivity contribution in [1.82, 2.24) is 9.69 Å². The van der Waals surface area contributed by atoms with Crippen LogP contribution in [0.15, 0.2) is 60.7 Å². The highest BCUT2D eigenvalue weighted by Crippen LogP contribution is 2.23. The number of fused-ring (bicyclic) bond motifs is 2. The van der Waals surface area contributed by atoms with E-state index in [1.165, 1.54) is 18.9 Å². The lowest BCUT2D eigenvalue weighted by molar-refractivity contribution is -0.122. The van der Waals surface area contributed by atoms with Gasteiger partial charge in [-0.05, 0) is 64.1 Å². The molecule has 0 saturated heterocycles. The molecule has 5 rings (SSSR count). The molecular formula is C28H29N4O6+. The Balaban J connectivity index is 0.000000221. The highest BCUT2D eigenvalue weighted by atomic mass is 16.2. The van der Waals surface area contributed by atoms with Crippen LogP contribution in [0.1, 0.15) is 80.9 Å². The van der Waals surface area contributed by atoms with Crippen molar-refractivity contribution in [2.75, 3.05) is 5.01 Å². The zero-order valence-corrected chi connectivity index (χ0v) is 21.6. The van der Waals surface area contributed by atoms with E-state index in [0.717, 1.165) is 11.4 Å². The van der Waals surface area contributed by atoms with Crippen molar-refractivity contribution in [1.29, 1.82) is 0 Å². The Kier molecular flexibility index (Phi) is 8.49. The van der Waals surface area contributed by atoms with Crippen LogP contribution in [0.25, 0.3) is 0 Å². The van der Waals surface area contributed by atoms with E-state index in [9.17, 15) is 28.8 Å². The average molecular weight is 518 g/mol. The van der Waals surface area contributed by atoms with Gasteiger partial charge in [-0.15, -0.1) is 0 Å². The van der Waals surface area contributed by atoms with E-state index in [1.807, 2.05) is 26.0 Å². The van der Waals surface area contributed by atoms with Crippen LogP contribution in [-0.2, 0) is 9.59 Å². The molecule has 1 aromatic heterocycles. The molecule has 4 amide bonds. The predicted molar refractivity (Wildman–Crippen MR) is 140 cm³/mol. The van der Waals surface area contributed by atoms with Gasteiger partial charge in [-0.2, -0.15) is 5.01 Å². The molecule has 0 saturated carbocycles. The Morgan fingerprint density at radius 1 is 0.632 bits per heavy atom. The first-order valence-electron chi connectivity index (χ1n) is 11.8. The average Bonchev–Trinajstić information content (AvgIpc) is 3.44. The van der Waals surface area contributed by atoms with Gasteiger partial charge in [0.2, 0.25) is 0 Å². The van der Waals surface area contributed by atoms with E-state index < -0.39 is 11.8 Å². The second-order valence-corrected chi connectivity index (χ2v) is 8.83. The van der Waals surface area contributed by atoms with Crippen molar-refractivity contribution in [2.45, 2.75) is 40.5 Å². The Morgan fingerprint density at radius 3 is 1.26 bits per heavy atom. The number of benzene rings is 2. The first kappa shape index (κ1) is 27.9. The summed E-state index contributed by atoms with van der Waals surface area (Å²) < 4.78 is 1.66. The minimum atomic E-state index is -0.435. The van der Waals surface area contributed by atoms with Crippen LogP contribution in [0.5, 0.6) is 0 Å². The molecule has 0 bridgehead atoms. The summed E-state index contributed by atoms with van der Waals surface area (Å²) in [6, 6.07) is 17.2. The van der Waals surface area contributed by atoms with Crippen molar-refractivity contribution < 1.29 is 30.2 Å². The summed E-state index contributed by atoms with van der Waals surface area (Å²) in [7, 11) is 0. The summed E-state index contributed by atoms with van der Waals surface area (Å²) in [5.41, 5.74) is 3.42. The molecular weight excluding hydrogens is 488 g/mol. The van der Waals surface area contributed by atoms with E-state index in [2.05, 4.69) is 0 Å². The minimum absolute atomic E-state index is 0. The minimum Gasteiger partial charge on any atom is -0.300 e. The molecule has 0 fully saturated rings. The van der Waals surface area contributed by atoms with Gasteiger partial charge in [0.25, 0.3) is 23.6 Å². The van der Waals surface area contributed by atoms with Crippen LogP contribution >= 0.6 is 0 Å². The van der Waals surface area contributed by atoms with Crippen LogP contribution in [0.2, 0.25) is 0 Å². The van der Waals surface area contributed by atoms with Gasteiger partial charge in [-0.25, -0.2) is 10.9 Å². The quantitative estimate of drug-likeness (QED) is 0.318. The number of nitrogens with zero attached hydrogens (tertiary/aromatic N) is 3. The first-order chi connectivity index (χ1) is 18.0. The van der Waals surface area contributed by atoms with Crippen molar-refractivity contribution in [2.24, 2.45) is 5.84 Å². The highest BCUT2D eigenvalue weighted by Gasteiger charge is 2.37. The third-order valence-corrected chi connectivity index (χ3v) is 5.86. The molecule has 10 heteroatoms. The number of ketones is 2. The fourth-order valence-electron chi connectivity index (χ4n) is 3.89. The maximum atomic E-state index is 12.3. The molecule has 196 valence electrons. The number of Topliss-reactive ketones (excluding diaryl/α,β-unsaturated/α-hetero) is 2. The number of hydrogen-bond acceptors (Lipinski definition) is 7. The number of imide groups is 2. The van der Waals surface area contributed by atoms with Gasteiger partial charge < -0.3 is 9.59 Å². The number of amides is 4. The molecule has 2 aliphatic rings. The van der Waals surface area contributed by atoms with Crippen LogP contribution in [0.3, 0.4) is 0 Å². The number of rotatable bonds is 4.